The molecule has 11 rings (SSSR count). The van der Waals surface area contributed by atoms with E-state index in [2.05, 4.69) is 230 Å². The van der Waals surface area contributed by atoms with Crippen LogP contribution < -0.4 is 16.4 Å². The maximum atomic E-state index is 6.02. The Bertz CT molecular complexity index is 2930. The molecule has 0 unspecified atom stereocenters. The van der Waals surface area contributed by atoms with E-state index < -0.39 is 0 Å². The highest BCUT2D eigenvalue weighted by Gasteiger charge is 2.51. The number of rotatable bonds is 7. The molecule has 0 amide bonds. The molecule has 8 aromatic rings. The van der Waals surface area contributed by atoms with Crippen molar-refractivity contribution in [2.24, 2.45) is 11.5 Å². The van der Waals surface area contributed by atoms with Crippen LogP contribution in [0.1, 0.15) is 64.3 Å². The first-order valence-electron chi connectivity index (χ1n) is 22.6. The molecule has 318 valence electrons. The second-order valence-corrected chi connectivity index (χ2v) is 16.6. The van der Waals surface area contributed by atoms with Gasteiger partial charge in [0.05, 0.1) is 16.8 Å². The van der Waals surface area contributed by atoms with Gasteiger partial charge in [-0.15, -0.1) is 0 Å². The molecule has 0 fully saturated rings. The van der Waals surface area contributed by atoms with Crippen molar-refractivity contribution in [3.05, 3.63) is 287 Å². The highest BCUT2D eigenvalue weighted by molar-refractivity contribution is 5.95. The number of hydrogen-bond acceptors (Lipinski definition) is 3. The van der Waals surface area contributed by atoms with Gasteiger partial charge in [0, 0.05) is 11.9 Å². The van der Waals surface area contributed by atoms with Crippen LogP contribution >= 0.6 is 0 Å². The van der Waals surface area contributed by atoms with E-state index in [9.17, 15) is 0 Å². The number of fused-ring (bicyclic) bond motifs is 9. The molecule has 3 nitrogen and oxygen atoms in total. The standard InChI is InChI=1S/C31H21N.C30H29N.CH5N/c1-2-12-22(13-3-1)32-29-20-10-8-18-27(29)31(28-19-9-11-21-30(28)32)25-16-6-4-14-23(25)24-15-5-7-17-26(24)31;1-23-9-8-14-28(19-23)27-17-15-24(16-18-27)20-29(25-10-4-2-5-11-25)21-30(22-31)26-12-6-3-7-13-26;1-2/h1-21H;2-7,9-13,15-19,21-22H,8,14,20,31H2,1H3;2H2,1H3/b;29-21+,30-22+;. The van der Waals surface area contributed by atoms with Crippen LogP contribution in [0.5, 0.6) is 0 Å². The lowest BCUT2D eigenvalue weighted by molar-refractivity contribution is 0.752. The summed E-state index contributed by atoms with van der Waals surface area (Å²) in [4.78, 5) is 2.42. The number of allylic oxidation sites excluding steroid dienone is 7. The molecule has 0 bridgehead atoms. The van der Waals surface area contributed by atoms with Gasteiger partial charge in [-0.2, -0.15) is 0 Å². The first kappa shape index (κ1) is 42.6. The summed E-state index contributed by atoms with van der Waals surface area (Å²) in [5.41, 5.74) is 32.0. The van der Waals surface area contributed by atoms with E-state index in [0.29, 0.717) is 0 Å². The third-order valence-corrected chi connectivity index (χ3v) is 12.8. The molecule has 0 radical (unpaired) electrons. The summed E-state index contributed by atoms with van der Waals surface area (Å²) in [5.74, 6) is 0. The van der Waals surface area contributed by atoms with Gasteiger partial charge in [0.25, 0.3) is 0 Å². The Labute approximate surface area is 385 Å². The van der Waals surface area contributed by atoms with Crippen LogP contribution in [0.2, 0.25) is 0 Å². The summed E-state index contributed by atoms with van der Waals surface area (Å²) in [5, 5.41) is 0. The maximum absolute atomic E-state index is 6.02. The van der Waals surface area contributed by atoms with Crippen molar-refractivity contribution in [2.75, 3.05) is 11.9 Å². The molecule has 65 heavy (non-hydrogen) atoms. The number of nitrogens with zero attached hydrogens (tertiary/aromatic N) is 1. The largest absolute Gasteiger partial charge is 0.404 e. The summed E-state index contributed by atoms with van der Waals surface area (Å²) in [6.07, 6.45) is 11.6. The van der Waals surface area contributed by atoms with Crippen molar-refractivity contribution < 1.29 is 0 Å². The second kappa shape index (κ2) is 19.3. The molecule has 0 saturated heterocycles. The van der Waals surface area contributed by atoms with Crippen molar-refractivity contribution in [3.8, 4) is 11.1 Å². The molecular weight excluding hydrogens is 787 g/mol. The Hall–Kier alpha value is -7.72. The van der Waals surface area contributed by atoms with Crippen molar-refractivity contribution >= 4 is 33.8 Å². The number of benzene rings is 8. The predicted octanol–water partition coefficient (Wildman–Crippen LogP) is 14.8. The van der Waals surface area contributed by atoms with Gasteiger partial charge in [-0.3, -0.25) is 0 Å². The van der Waals surface area contributed by atoms with E-state index in [1.165, 1.54) is 90.9 Å². The molecule has 0 aromatic heterocycles. The molecule has 1 heterocycles. The first-order valence-corrected chi connectivity index (χ1v) is 22.6. The van der Waals surface area contributed by atoms with Crippen LogP contribution in [0.15, 0.2) is 242 Å². The summed E-state index contributed by atoms with van der Waals surface area (Å²) in [7, 11) is 1.50. The van der Waals surface area contributed by atoms with Crippen LogP contribution in [-0.4, -0.2) is 7.05 Å². The Kier molecular flexibility index (Phi) is 12.7. The minimum atomic E-state index is -0.328. The van der Waals surface area contributed by atoms with Crippen molar-refractivity contribution in [1.82, 2.24) is 0 Å². The SMILES string of the molecule is CC1=CCCC(c2ccc(C/C(=C\C(=C/N)c3ccccc3)c3ccccc3)cc2)=C1.CN.c1ccc(N2c3ccccc3C3(c4ccccc4-c4ccccc43)c3ccccc32)cc1. The number of nitrogens with two attached hydrogens (primary N) is 2. The van der Waals surface area contributed by atoms with Crippen molar-refractivity contribution in [3.63, 3.8) is 0 Å². The smallest absolute Gasteiger partial charge is 0.0754 e. The summed E-state index contributed by atoms with van der Waals surface area (Å²) in [6.45, 7) is 2.18. The molecule has 2 aliphatic carbocycles. The molecule has 1 spiro atoms. The Morgan fingerprint density at radius 2 is 1.02 bits per heavy atom. The molecule has 3 aliphatic rings. The average Bonchev–Trinajstić information content (AvgIpc) is 3.68. The quantitative estimate of drug-likeness (QED) is 0.157. The molecule has 4 N–H and O–H groups in total. The fourth-order valence-corrected chi connectivity index (χ4v) is 10.00. The highest BCUT2D eigenvalue weighted by atomic mass is 15.2. The maximum Gasteiger partial charge on any atom is 0.0754 e. The molecule has 8 aromatic carbocycles. The molecular formula is C62H55N3. The molecule has 0 atom stereocenters. The van der Waals surface area contributed by atoms with E-state index in [1.807, 2.05) is 18.2 Å². The number of hydrogen-bond donors (Lipinski definition) is 2. The van der Waals surface area contributed by atoms with Crippen LogP contribution in [0.4, 0.5) is 17.1 Å². The number of para-hydroxylation sites is 3. The zero-order valence-electron chi connectivity index (χ0n) is 37.2. The Balaban J connectivity index is 0.000000158. The lowest BCUT2D eigenvalue weighted by Gasteiger charge is -2.45. The fraction of sp³-hybridized carbons (Fsp3) is 0.0968. The fourth-order valence-electron chi connectivity index (χ4n) is 10.00. The second-order valence-electron chi connectivity index (χ2n) is 16.6. The zero-order chi connectivity index (χ0) is 44.6. The molecule has 3 heteroatoms. The lowest BCUT2D eigenvalue weighted by Crippen LogP contribution is -2.36. The number of anilines is 3. The van der Waals surface area contributed by atoms with E-state index in [0.717, 1.165) is 30.4 Å². The van der Waals surface area contributed by atoms with E-state index in [-0.39, 0.29) is 5.41 Å². The Morgan fingerprint density at radius 1 is 0.538 bits per heavy atom. The minimum Gasteiger partial charge on any atom is -0.404 e. The van der Waals surface area contributed by atoms with E-state index in [1.54, 1.807) is 6.20 Å². The Morgan fingerprint density at radius 3 is 1.55 bits per heavy atom. The average molecular weight is 842 g/mol. The van der Waals surface area contributed by atoms with Crippen molar-refractivity contribution in [1.29, 1.82) is 0 Å². The third-order valence-electron chi connectivity index (χ3n) is 12.8. The summed E-state index contributed by atoms with van der Waals surface area (Å²) in [6, 6.07) is 76.4. The normalized spacial score (nSPS) is 14.2. The van der Waals surface area contributed by atoms with Crippen LogP contribution in [0.25, 0.3) is 27.8 Å². The van der Waals surface area contributed by atoms with Gasteiger partial charge >= 0.3 is 0 Å². The predicted molar refractivity (Wildman–Crippen MR) is 276 cm³/mol. The summed E-state index contributed by atoms with van der Waals surface area (Å²) >= 11 is 0. The van der Waals surface area contributed by atoms with Gasteiger partial charge in [0.15, 0.2) is 0 Å². The van der Waals surface area contributed by atoms with Crippen molar-refractivity contribution in [2.45, 2.75) is 31.6 Å². The molecule has 0 saturated carbocycles. The minimum absolute atomic E-state index is 0.328. The molecule has 1 aliphatic heterocycles. The van der Waals surface area contributed by atoms with Gasteiger partial charge < -0.3 is 16.4 Å². The van der Waals surface area contributed by atoms with Gasteiger partial charge in [0.2, 0.25) is 0 Å². The zero-order valence-corrected chi connectivity index (χ0v) is 37.2. The van der Waals surface area contributed by atoms with Crippen LogP contribution in [0, 0.1) is 0 Å². The van der Waals surface area contributed by atoms with Gasteiger partial charge in [-0.25, -0.2) is 0 Å². The van der Waals surface area contributed by atoms with Crippen LogP contribution in [0.3, 0.4) is 0 Å². The highest BCUT2D eigenvalue weighted by Crippen LogP contribution is 2.63. The van der Waals surface area contributed by atoms with Gasteiger partial charge in [-0.05, 0) is 136 Å². The lowest BCUT2D eigenvalue weighted by atomic mass is 9.64. The van der Waals surface area contributed by atoms with E-state index >= 15 is 0 Å². The first-order chi connectivity index (χ1) is 32.1. The van der Waals surface area contributed by atoms with Gasteiger partial charge in [0.1, 0.15) is 0 Å². The van der Waals surface area contributed by atoms with Gasteiger partial charge in [-0.1, -0.05) is 206 Å². The van der Waals surface area contributed by atoms with E-state index in [4.69, 9.17) is 5.73 Å². The topological polar surface area (TPSA) is 55.3 Å². The monoisotopic (exact) mass is 841 g/mol. The van der Waals surface area contributed by atoms with Crippen LogP contribution in [-0.2, 0) is 11.8 Å². The summed E-state index contributed by atoms with van der Waals surface area (Å²) < 4.78 is 0. The third kappa shape index (κ3) is 8.19.